The third kappa shape index (κ3) is 3.09. The van der Waals surface area contributed by atoms with Crippen molar-refractivity contribution in [2.24, 2.45) is 45.3 Å². The molecule has 0 aromatic rings. The lowest BCUT2D eigenvalue weighted by atomic mass is 9.35. The minimum atomic E-state index is -0.762. The molecule has 0 spiro atoms. The predicted octanol–water partition coefficient (Wildman–Crippen LogP) is 6.95. The minimum Gasteiger partial charge on any atom is -0.388 e. The summed E-state index contributed by atoms with van der Waals surface area (Å²) in [4.78, 5) is 12.9. The van der Waals surface area contributed by atoms with E-state index in [4.69, 9.17) is 4.74 Å². The Morgan fingerprint density at radius 3 is 2.09 bits per heavy atom. The topological polar surface area (TPSA) is 46.5 Å². The average molecular weight is 459 g/mol. The minimum absolute atomic E-state index is 0.0439. The van der Waals surface area contributed by atoms with Crippen LogP contribution in [-0.2, 0) is 9.53 Å². The normalized spacial score (nSPS) is 54.0. The Bertz CT molecular complexity index is 825. The lowest BCUT2D eigenvalue weighted by Crippen LogP contribution is -2.63. The second kappa shape index (κ2) is 7.09. The van der Waals surface area contributed by atoms with E-state index >= 15 is 0 Å². The van der Waals surface area contributed by atoms with Gasteiger partial charge in [-0.3, -0.25) is 4.79 Å². The Balaban J connectivity index is 1.45. The molecule has 1 aliphatic heterocycles. The van der Waals surface area contributed by atoms with E-state index in [1.54, 1.807) is 0 Å². The monoisotopic (exact) mass is 458 g/mol. The summed E-state index contributed by atoms with van der Waals surface area (Å²) >= 11 is 0. The van der Waals surface area contributed by atoms with Gasteiger partial charge in [-0.25, -0.2) is 0 Å². The quantitative estimate of drug-likeness (QED) is 0.487. The van der Waals surface area contributed by atoms with Crippen molar-refractivity contribution in [1.29, 1.82) is 0 Å². The van der Waals surface area contributed by atoms with E-state index in [9.17, 15) is 9.90 Å². The first-order valence-corrected chi connectivity index (χ1v) is 14.0. The Labute approximate surface area is 202 Å². The van der Waals surface area contributed by atoms with Gasteiger partial charge < -0.3 is 9.84 Å². The number of ether oxygens (including phenoxy) is 1. The van der Waals surface area contributed by atoms with Crippen LogP contribution >= 0.6 is 0 Å². The van der Waals surface area contributed by atoms with E-state index in [0.29, 0.717) is 34.4 Å². The number of aliphatic hydroxyl groups is 1. The first-order chi connectivity index (χ1) is 15.1. The zero-order valence-corrected chi connectivity index (χ0v) is 22.7. The molecular formula is C30H50O3. The third-order valence-electron chi connectivity index (χ3n) is 13.0. The van der Waals surface area contributed by atoms with E-state index in [2.05, 4.69) is 41.5 Å². The maximum Gasteiger partial charge on any atom is 0.138 e. The number of rotatable bonds is 2. The lowest BCUT2D eigenvalue weighted by molar-refractivity contribution is -0.210. The molecule has 5 fully saturated rings. The van der Waals surface area contributed by atoms with Gasteiger partial charge in [0.25, 0.3) is 0 Å². The van der Waals surface area contributed by atoms with Gasteiger partial charge in [0.1, 0.15) is 5.78 Å². The van der Waals surface area contributed by atoms with Crippen LogP contribution in [0.1, 0.15) is 120 Å². The molecule has 0 aromatic carbocycles. The van der Waals surface area contributed by atoms with Gasteiger partial charge in [0, 0.05) is 11.8 Å². The molecule has 9 atom stereocenters. The fourth-order valence-electron chi connectivity index (χ4n) is 10.9. The number of Topliss-reactive ketones (excluding diaryl/α,β-unsaturated/α-hetero) is 1. The average Bonchev–Trinajstić information content (AvgIpc) is 3.27. The van der Waals surface area contributed by atoms with Crippen molar-refractivity contribution in [1.82, 2.24) is 0 Å². The number of carbonyl (C=O) groups excluding carboxylic acids is 1. The van der Waals surface area contributed by atoms with Crippen LogP contribution in [-0.4, -0.2) is 28.2 Å². The molecule has 33 heavy (non-hydrogen) atoms. The molecule has 3 nitrogen and oxygen atoms in total. The highest BCUT2D eigenvalue weighted by atomic mass is 16.5. The maximum absolute atomic E-state index is 12.9. The first kappa shape index (κ1) is 24.3. The number of carbonyl (C=O) groups is 1. The van der Waals surface area contributed by atoms with Crippen LogP contribution in [0.3, 0.4) is 0 Å². The van der Waals surface area contributed by atoms with E-state index < -0.39 is 5.60 Å². The van der Waals surface area contributed by atoms with Gasteiger partial charge in [0.2, 0.25) is 0 Å². The number of ketones is 1. The Hall–Kier alpha value is -0.410. The fourth-order valence-corrected chi connectivity index (χ4v) is 10.9. The van der Waals surface area contributed by atoms with Crippen LogP contribution in [0.2, 0.25) is 0 Å². The van der Waals surface area contributed by atoms with E-state index in [0.717, 1.165) is 31.6 Å². The van der Waals surface area contributed by atoms with Gasteiger partial charge >= 0.3 is 0 Å². The molecule has 1 heterocycles. The molecule has 188 valence electrons. The molecule has 4 saturated carbocycles. The van der Waals surface area contributed by atoms with Crippen LogP contribution < -0.4 is 0 Å². The molecule has 0 radical (unpaired) electrons. The van der Waals surface area contributed by atoms with Gasteiger partial charge in [-0.2, -0.15) is 0 Å². The molecule has 0 amide bonds. The second-order valence-electron chi connectivity index (χ2n) is 15.1. The summed E-state index contributed by atoms with van der Waals surface area (Å²) in [6, 6.07) is 0. The summed E-state index contributed by atoms with van der Waals surface area (Å²) in [6.45, 7) is 18.5. The third-order valence-corrected chi connectivity index (χ3v) is 13.0. The van der Waals surface area contributed by atoms with Gasteiger partial charge in [0.15, 0.2) is 0 Å². The maximum atomic E-state index is 12.9. The Morgan fingerprint density at radius 1 is 0.788 bits per heavy atom. The molecule has 0 bridgehead atoms. The van der Waals surface area contributed by atoms with Crippen molar-refractivity contribution in [2.75, 3.05) is 0 Å². The molecule has 3 heteroatoms. The SMILES string of the molecule is CC(C)(O)C1CC[C@@](C)([C@@H]2CC[C@]3(C)[C@@H]2CC[C@H]2[C@@]4(C)CCC(=O)C(C)(C)[C@H]4CC[C@]23C)O1. The van der Waals surface area contributed by atoms with Gasteiger partial charge in [-0.15, -0.1) is 0 Å². The highest BCUT2D eigenvalue weighted by Crippen LogP contribution is 2.75. The summed E-state index contributed by atoms with van der Waals surface area (Å²) in [5.74, 6) is 3.06. The second-order valence-corrected chi connectivity index (χ2v) is 15.1. The smallest absolute Gasteiger partial charge is 0.138 e. The highest BCUT2D eigenvalue weighted by molar-refractivity contribution is 5.85. The molecule has 1 saturated heterocycles. The zero-order chi connectivity index (χ0) is 24.2. The van der Waals surface area contributed by atoms with Crippen molar-refractivity contribution in [2.45, 2.75) is 137 Å². The fraction of sp³-hybridized carbons (Fsp3) is 0.967. The summed E-state index contributed by atoms with van der Waals surface area (Å²) in [7, 11) is 0. The Morgan fingerprint density at radius 2 is 1.45 bits per heavy atom. The molecule has 5 aliphatic rings. The summed E-state index contributed by atoms with van der Waals surface area (Å²) in [6.07, 6.45) is 11.6. The number of hydrogen-bond donors (Lipinski definition) is 1. The largest absolute Gasteiger partial charge is 0.388 e. The van der Waals surface area contributed by atoms with Crippen molar-refractivity contribution in [3.63, 3.8) is 0 Å². The van der Waals surface area contributed by atoms with Crippen molar-refractivity contribution in [3.05, 3.63) is 0 Å². The van der Waals surface area contributed by atoms with Crippen molar-refractivity contribution in [3.8, 4) is 0 Å². The number of fused-ring (bicyclic) bond motifs is 5. The van der Waals surface area contributed by atoms with Crippen LogP contribution in [0.15, 0.2) is 0 Å². The Kier molecular flexibility index (Phi) is 5.22. The van der Waals surface area contributed by atoms with Gasteiger partial charge in [0.05, 0.1) is 17.3 Å². The van der Waals surface area contributed by atoms with Crippen molar-refractivity contribution < 1.29 is 14.6 Å². The van der Waals surface area contributed by atoms with Crippen LogP contribution in [0.5, 0.6) is 0 Å². The van der Waals surface area contributed by atoms with Crippen LogP contribution in [0.4, 0.5) is 0 Å². The van der Waals surface area contributed by atoms with E-state index in [1.165, 1.54) is 38.5 Å². The highest BCUT2D eigenvalue weighted by Gasteiger charge is 2.70. The van der Waals surface area contributed by atoms with Gasteiger partial charge in [-0.05, 0) is 118 Å². The van der Waals surface area contributed by atoms with Crippen LogP contribution in [0.25, 0.3) is 0 Å². The lowest BCUT2D eigenvalue weighted by Gasteiger charge is -2.69. The summed E-state index contributed by atoms with van der Waals surface area (Å²) < 4.78 is 6.72. The molecule has 0 aromatic heterocycles. The molecular weight excluding hydrogens is 408 g/mol. The van der Waals surface area contributed by atoms with Crippen molar-refractivity contribution >= 4 is 5.78 Å². The summed E-state index contributed by atoms with van der Waals surface area (Å²) in [5, 5.41) is 10.6. The van der Waals surface area contributed by atoms with E-state index in [1.807, 2.05) is 13.8 Å². The number of hydrogen-bond acceptors (Lipinski definition) is 3. The molecule has 5 rings (SSSR count). The standard InChI is InChI=1S/C30H50O3/c1-25(2)21-12-17-29(7)22(27(21,5)15-13-23(25)31)10-9-19-20(11-16-28(19,29)6)30(8)18-14-24(33-30)26(3,4)32/h19-22,24,32H,9-18H2,1-8H3/t19-,20-,21-,22+,24?,27+,28-,29-,30+/m1/s1. The first-order valence-electron chi connectivity index (χ1n) is 14.0. The van der Waals surface area contributed by atoms with E-state index in [-0.39, 0.29) is 22.5 Å². The zero-order valence-electron chi connectivity index (χ0n) is 22.7. The predicted molar refractivity (Wildman–Crippen MR) is 133 cm³/mol. The van der Waals surface area contributed by atoms with Crippen LogP contribution in [0, 0.1) is 45.3 Å². The molecule has 1 unspecified atom stereocenters. The summed E-state index contributed by atoms with van der Waals surface area (Å²) in [5.41, 5.74) is -0.0493. The molecule has 4 aliphatic carbocycles. The molecule has 1 N–H and O–H groups in total. The van der Waals surface area contributed by atoms with Gasteiger partial charge in [-0.1, -0.05) is 34.6 Å².